The minimum absolute atomic E-state index is 0. The standard InChI is InChI=1S/C15H13NO2.BrH/c17-14(12-7-3-1-4-8-12)11-15(18)16-13-9-5-2-6-10-13;/h1-10H,11H2,(H,16,18);1H. The van der Waals surface area contributed by atoms with E-state index in [1.165, 1.54) is 5.32 Å². The monoisotopic (exact) mass is 319 g/mol. The van der Waals surface area contributed by atoms with Gasteiger partial charge in [0.15, 0.2) is 5.78 Å². The highest BCUT2D eigenvalue weighted by molar-refractivity contribution is 6.05. The second kappa shape index (κ2) is 7.61. The molecule has 0 radical (unpaired) electrons. The fourth-order valence-corrected chi connectivity index (χ4v) is 1.67. The van der Waals surface area contributed by atoms with Crippen molar-refractivity contribution in [2.75, 3.05) is 0 Å². The second-order valence-electron chi connectivity index (χ2n) is 3.99. The Morgan fingerprint density at radius 1 is 0.842 bits per heavy atom. The van der Waals surface area contributed by atoms with E-state index in [4.69, 9.17) is 0 Å². The number of Topliss-reactive ketones (excluding diaryl/α,β-unsaturated/α-hetero) is 1. The van der Waals surface area contributed by atoms with E-state index in [9.17, 15) is 9.59 Å². The number of amides is 1. The Hall–Kier alpha value is -1.78. The van der Waals surface area contributed by atoms with Crippen LogP contribution in [0.4, 0.5) is 5.69 Å². The van der Waals surface area contributed by atoms with E-state index in [2.05, 4.69) is 0 Å². The van der Waals surface area contributed by atoms with Crippen LogP contribution in [0.3, 0.4) is 0 Å². The summed E-state index contributed by atoms with van der Waals surface area (Å²) in [7, 11) is 0. The summed E-state index contributed by atoms with van der Waals surface area (Å²) in [4.78, 5) is 23.5. The molecule has 2 N–H and O–H groups in total. The first-order valence-corrected chi connectivity index (χ1v) is 5.76. The Balaban J connectivity index is 0.00000180. The maximum absolute atomic E-state index is 11.8. The molecule has 0 atom stereocenters. The fraction of sp³-hybridized carbons (Fsp3) is 0.0667. The van der Waals surface area contributed by atoms with Crippen LogP contribution in [0.5, 0.6) is 0 Å². The van der Waals surface area contributed by atoms with Crippen LogP contribution in [0.1, 0.15) is 16.8 Å². The molecule has 2 aromatic rings. The summed E-state index contributed by atoms with van der Waals surface area (Å²) in [6, 6.07) is 18.1. The second-order valence-corrected chi connectivity index (χ2v) is 3.99. The maximum Gasteiger partial charge on any atom is 0.323 e. The first-order chi connectivity index (χ1) is 8.75. The van der Waals surface area contributed by atoms with Gasteiger partial charge in [-0.15, -0.1) is 0 Å². The molecule has 0 aliphatic carbocycles. The van der Waals surface area contributed by atoms with E-state index >= 15 is 0 Å². The highest BCUT2D eigenvalue weighted by Crippen LogP contribution is 2.02. The number of carbonyl (C=O) groups excluding carboxylic acids is 2. The fourth-order valence-electron chi connectivity index (χ4n) is 1.67. The summed E-state index contributed by atoms with van der Waals surface area (Å²) in [5.41, 5.74) is 1.40. The van der Waals surface area contributed by atoms with E-state index in [-0.39, 0.29) is 35.1 Å². The molecule has 0 spiro atoms. The van der Waals surface area contributed by atoms with Crippen molar-refractivity contribution in [2.45, 2.75) is 6.42 Å². The van der Waals surface area contributed by atoms with Gasteiger partial charge in [0, 0.05) is 5.56 Å². The molecule has 98 valence electrons. The molecule has 0 heterocycles. The number of quaternary nitrogens is 1. The third-order valence-electron chi connectivity index (χ3n) is 2.56. The summed E-state index contributed by atoms with van der Waals surface area (Å²) in [5.74, 6) is -0.317. The van der Waals surface area contributed by atoms with Crippen molar-refractivity contribution >= 4 is 17.4 Å². The molecule has 4 heteroatoms. The molecule has 0 bridgehead atoms. The van der Waals surface area contributed by atoms with Gasteiger partial charge >= 0.3 is 5.91 Å². The van der Waals surface area contributed by atoms with Crippen LogP contribution < -0.4 is 22.3 Å². The van der Waals surface area contributed by atoms with Gasteiger partial charge in [-0.1, -0.05) is 48.5 Å². The molecule has 3 nitrogen and oxygen atoms in total. The van der Waals surface area contributed by atoms with Gasteiger partial charge < -0.3 is 17.0 Å². The van der Waals surface area contributed by atoms with Crippen LogP contribution >= 0.6 is 0 Å². The zero-order valence-electron chi connectivity index (χ0n) is 10.3. The van der Waals surface area contributed by atoms with Crippen LogP contribution in [0.25, 0.3) is 0 Å². The number of rotatable bonds is 4. The molecular weight excluding hydrogens is 306 g/mol. The lowest BCUT2D eigenvalue weighted by atomic mass is 10.1. The Morgan fingerprint density at radius 3 is 1.95 bits per heavy atom. The first kappa shape index (κ1) is 15.3. The van der Waals surface area contributed by atoms with Crippen molar-refractivity contribution in [1.29, 1.82) is 0 Å². The number of primary amides is 1. The number of hydrogen-bond acceptors (Lipinski definition) is 2. The van der Waals surface area contributed by atoms with Gasteiger partial charge in [-0.05, 0) is 12.1 Å². The highest BCUT2D eigenvalue weighted by Gasteiger charge is 2.15. The Bertz CT molecular complexity index is 541. The molecule has 0 aliphatic rings. The van der Waals surface area contributed by atoms with Gasteiger partial charge in [-0.3, -0.25) is 10.1 Å². The number of para-hydroxylation sites is 1. The lowest BCUT2D eigenvalue weighted by Crippen LogP contribution is -3.00. The summed E-state index contributed by atoms with van der Waals surface area (Å²) < 4.78 is 0. The van der Waals surface area contributed by atoms with Gasteiger partial charge in [0.1, 0.15) is 12.1 Å². The smallest absolute Gasteiger partial charge is 0.323 e. The lowest BCUT2D eigenvalue weighted by molar-refractivity contribution is -0.482. The molecule has 0 fully saturated rings. The topological polar surface area (TPSA) is 50.8 Å². The molecule has 0 aromatic heterocycles. The Labute approximate surface area is 122 Å². The third kappa shape index (κ3) is 4.77. The predicted octanol–water partition coefficient (Wildman–Crippen LogP) is -1.31. The van der Waals surface area contributed by atoms with Crippen molar-refractivity contribution in [1.82, 2.24) is 0 Å². The number of hydrogen-bond donors (Lipinski definition) is 1. The molecule has 1 amide bonds. The summed E-state index contributed by atoms with van der Waals surface area (Å²) >= 11 is 0. The number of halogens is 1. The Morgan fingerprint density at radius 2 is 1.37 bits per heavy atom. The average molecular weight is 320 g/mol. The molecule has 0 aliphatic heterocycles. The number of carbonyl (C=O) groups is 2. The van der Waals surface area contributed by atoms with Crippen LogP contribution in [-0.2, 0) is 4.79 Å². The van der Waals surface area contributed by atoms with E-state index in [0.29, 0.717) is 5.56 Å². The van der Waals surface area contributed by atoms with Crippen LogP contribution in [0.2, 0.25) is 0 Å². The molecule has 0 unspecified atom stereocenters. The SMILES string of the molecule is O=C(CC(=O)c1ccccc1)[NH2+]c1ccccc1.[Br-]. The third-order valence-corrected chi connectivity index (χ3v) is 2.56. The summed E-state index contributed by atoms with van der Waals surface area (Å²) in [6.45, 7) is 0. The quantitative estimate of drug-likeness (QED) is 0.432. The minimum atomic E-state index is -0.171. The van der Waals surface area contributed by atoms with Gasteiger partial charge in [0.2, 0.25) is 0 Å². The molecule has 2 aromatic carbocycles. The van der Waals surface area contributed by atoms with Gasteiger partial charge in [-0.25, -0.2) is 4.79 Å². The summed E-state index contributed by atoms with van der Waals surface area (Å²) in [5, 5.41) is 1.50. The largest absolute Gasteiger partial charge is 1.00 e. The van der Waals surface area contributed by atoms with E-state index in [0.717, 1.165) is 5.69 Å². The number of benzene rings is 2. The van der Waals surface area contributed by atoms with E-state index in [1.807, 2.05) is 36.4 Å². The maximum atomic E-state index is 11.8. The van der Waals surface area contributed by atoms with Crippen LogP contribution in [-0.4, -0.2) is 11.7 Å². The first-order valence-electron chi connectivity index (χ1n) is 5.76. The predicted molar refractivity (Wildman–Crippen MR) is 68.4 cm³/mol. The minimum Gasteiger partial charge on any atom is -1.00 e. The van der Waals surface area contributed by atoms with Crippen LogP contribution in [0, 0.1) is 0 Å². The van der Waals surface area contributed by atoms with Crippen molar-refractivity contribution in [3.05, 3.63) is 66.2 Å². The lowest BCUT2D eigenvalue weighted by Gasteiger charge is -1.99. The molecule has 0 saturated heterocycles. The van der Waals surface area contributed by atoms with Crippen LogP contribution in [0.15, 0.2) is 60.7 Å². The van der Waals surface area contributed by atoms with Crippen molar-refractivity contribution in [3.8, 4) is 0 Å². The average Bonchev–Trinajstić information content (AvgIpc) is 2.40. The number of nitrogens with two attached hydrogens (primary N) is 1. The van der Waals surface area contributed by atoms with Crippen molar-refractivity contribution < 1.29 is 31.9 Å². The zero-order chi connectivity index (χ0) is 12.8. The molecule has 2 rings (SSSR count). The molecule has 19 heavy (non-hydrogen) atoms. The Kier molecular flexibility index (Phi) is 6.12. The van der Waals surface area contributed by atoms with Gasteiger partial charge in [0.25, 0.3) is 0 Å². The van der Waals surface area contributed by atoms with Crippen molar-refractivity contribution in [3.63, 3.8) is 0 Å². The number of ketones is 1. The van der Waals surface area contributed by atoms with E-state index in [1.54, 1.807) is 24.3 Å². The van der Waals surface area contributed by atoms with Gasteiger partial charge in [0.05, 0.1) is 0 Å². The van der Waals surface area contributed by atoms with Gasteiger partial charge in [-0.2, -0.15) is 0 Å². The molecule has 0 saturated carbocycles. The summed E-state index contributed by atoms with van der Waals surface area (Å²) in [6.07, 6.45) is -0.0844. The zero-order valence-corrected chi connectivity index (χ0v) is 11.8. The van der Waals surface area contributed by atoms with Crippen molar-refractivity contribution in [2.24, 2.45) is 0 Å². The molecular formula is C15H14BrNO2. The van der Waals surface area contributed by atoms with E-state index < -0.39 is 0 Å². The highest BCUT2D eigenvalue weighted by atomic mass is 79.9. The normalized spacial score (nSPS) is 9.47.